The Labute approximate surface area is 285 Å². The average molecular weight is 637 g/mol. The Morgan fingerprint density at radius 2 is 0.761 bits per heavy atom. The molecule has 0 aromatic carbocycles. The number of hydrogen-bond acceptors (Lipinski definition) is 3. The minimum atomic E-state index is -0.801. The van der Waals surface area contributed by atoms with E-state index in [9.17, 15) is 10.2 Å². The van der Waals surface area contributed by atoms with Gasteiger partial charge in [0.25, 0.3) is 0 Å². The molecule has 0 aromatic rings. The fraction of sp³-hybridized carbons (Fsp3) is 0.628. The highest BCUT2D eigenvalue weighted by Crippen LogP contribution is 2.13. The molecular weight excluding hydrogens is 564 g/mol. The first-order valence-electron chi connectivity index (χ1n) is 18.9. The van der Waals surface area contributed by atoms with Crippen LogP contribution < -0.4 is 0 Å². The van der Waals surface area contributed by atoms with Crippen LogP contribution in [0.2, 0.25) is 0 Å². The zero-order valence-electron chi connectivity index (χ0n) is 30.0. The number of ether oxygens (including phenoxy) is 1. The van der Waals surface area contributed by atoms with Crippen molar-refractivity contribution in [1.29, 1.82) is 0 Å². The molecule has 3 heteroatoms. The van der Waals surface area contributed by atoms with Gasteiger partial charge in [-0.05, 0) is 103 Å². The number of aliphatic hydroxyl groups excluding tert-OH is 2. The second kappa shape index (κ2) is 39.0. The van der Waals surface area contributed by atoms with Crippen LogP contribution in [-0.4, -0.2) is 35.6 Å². The van der Waals surface area contributed by atoms with Crippen molar-refractivity contribution in [3.8, 4) is 0 Å². The van der Waals surface area contributed by atoms with E-state index < -0.39 is 6.10 Å². The Kier molecular flexibility index (Phi) is 37.1. The lowest BCUT2D eigenvalue weighted by atomic mass is 10.1. The molecule has 0 aliphatic heterocycles. The van der Waals surface area contributed by atoms with E-state index in [1.54, 1.807) is 0 Å². The molecule has 262 valence electrons. The SMILES string of the molecule is CCCCCC=CCC=CCC=CCC=CCCCCOC(CCCCC=CCC=CCC=CCC=CCCCCC)C(O)CO. The van der Waals surface area contributed by atoms with E-state index in [-0.39, 0.29) is 12.7 Å². The van der Waals surface area contributed by atoms with Crippen molar-refractivity contribution in [2.24, 2.45) is 0 Å². The van der Waals surface area contributed by atoms with Gasteiger partial charge in [0.1, 0.15) is 6.10 Å². The van der Waals surface area contributed by atoms with Crippen LogP contribution >= 0.6 is 0 Å². The van der Waals surface area contributed by atoms with Crippen molar-refractivity contribution in [2.45, 2.75) is 161 Å². The number of rotatable bonds is 33. The van der Waals surface area contributed by atoms with Gasteiger partial charge in [-0.15, -0.1) is 0 Å². The quantitative estimate of drug-likeness (QED) is 0.0556. The Morgan fingerprint density at radius 1 is 0.435 bits per heavy atom. The van der Waals surface area contributed by atoms with Gasteiger partial charge in [0, 0.05) is 6.61 Å². The van der Waals surface area contributed by atoms with Crippen LogP contribution in [0.1, 0.15) is 149 Å². The smallest absolute Gasteiger partial charge is 0.103 e. The van der Waals surface area contributed by atoms with Crippen molar-refractivity contribution < 1.29 is 14.9 Å². The van der Waals surface area contributed by atoms with Gasteiger partial charge < -0.3 is 14.9 Å². The second-order valence-corrected chi connectivity index (χ2v) is 12.1. The molecule has 3 nitrogen and oxygen atoms in total. The molecule has 0 bridgehead atoms. The van der Waals surface area contributed by atoms with Crippen molar-refractivity contribution in [1.82, 2.24) is 0 Å². The minimum absolute atomic E-state index is 0.246. The zero-order chi connectivity index (χ0) is 33.4. The zero-order valence-corrected chi connectivity index (χ0v) is 30.0. The molecule has 46 heavy (non-hydrogen) atoms. The Hall–Kier alpha value is -2.20. The molecule has 0 spiro atoms. The molecule has 0 rings (SSSR count). The largest absolute Gasteiger partial charge is 0.394 e. The topological polar surface area (TPSA) is 49.7 Å². The van der Waals surface area contributed by atoms with Crippen molar-refractivity contribution >= 4 is 0 Å². The van der Waals surface area contributed by atoms with E-state index >= 15 is 0 Å². The molecule has 0 radical (unpaired) electrons. The fourth-order valence-corrected chi connectivity index (χ4v) is 4.83. The summed E-state index contributed by atoms with van der Waals surface area (Å²) < 4.78 is 5.96. The van der Waals surface area contributed by atoms with E-state index in [0.717, 1.165) is 83.5 Å². The number of allylic oxidation sites excluding steroid dienone is 16. The highest BCUT2D eigenvalue weighted by molar-refractivity contribution is 5.00. The van der Waals surface area contributed by atoms with Gasteiger partial charge in [0.15, 0.2) is 0 Å². The molecule has 0 saturated carbocycles. The summed E-state index contributed by atoms with van der Waals surface area (Å²) in [6, 6.07) is 0. The third kappa shape index (κ3) is 34.7. The summed E-state index contributed by atoms with van der Waals surface area (Å²) in [6.45, 7) is 4.88. The number of hydrogen-bond donors (Lipinski definition) is 2. The van der Waals surface area contributed by atoms with E-state index in [1.807, 2.05) is 0 Å². The highest BCUT2D eigenvalue weighted by Gasteiger charge is 2.18. The van der Waals surface area contributed by atoms with Crippen LogP contribution in [0.25, 0.3) is 0 Å². The first kappa shape index (κ1) is 43.8. The monoisotopic (exact) mass is 637 g/mol. The van der Waals surface area contributed by atoms with Crippen LogP contribution in [0.4, 0.5) is 0 Å². The predicted octanol–water partition coefficient (Wildman–Crippen LogP) is 12.4. The van der Waals surface area contributed by atoms with Crippen LogP contribution in [-0.2, 0) is 4.74 Å². The van der Waals surface area contributed by atoms with Crippen molar-refractivity contribution in [3.63, 3.8) is 0 Å². The van der Waals surface area contributed by atoms with Crippen LogP contribution in [0.5, 0.6) is 0 Å². The number of unbranched alkanes of at least 4 members (excludes halogenated alkanes) is 10. The lowest BCUT2D eigenvalue weighted by molar-refractivity contribution is -0.0628. The molecule has 0 heterocycles. The average Bonchev–Trinajstić information content (AvgIpc) is 3.07. The van der Waals surface area contributed by atoms with Gasteiger partial charge in [-0.2, -0.15) is 0 Å². The summed E-state index contributed by atoms with van der Waals surface area (Å²) in [5.74, 6) is 0. The second-order valence-electron chi connectivity index (χ2n) is 12.1. The normalized spacial score (nSPS) is 14.4. The van der Waals surface area contributed by atoms with Gasteiger partial charge >= 0.3 is 0 Å². The third-order valence-corrected chi connectivity index (χ3v) is 7.74. The summed E-state index contributed by atoms with van der Waals surface area (Å²) in [5, 5.41) is 19.6. The Balaban J connectivity index is 3.81. The maximum absolute atomic E-state index is 10.2. The first-order valence-corrected chi connectivity index (χ1v) is 18.9. The van der Waals surface area contributed by atoms with Gasteiger partial charge in [-0.3, -0.25) is 0 Å². The van der Waals surface area contributed by atoms with Crippen LogP contribution in [0.15, 0.2) is 97.2 Å². The summed E-state index contributed by atoms with van der Waals surface area (Å²) >= 11 is 0. The fourth-order valence-electron chi connectivity index (χ4n) is 4.83. The summed E-state index contributed by atoms with van der Waals surface area (Å²) in [5.41, 5.74) is 0. The lowest BCUT2D eigenvalue weighted by Crippen LogP contribution is -2.32. The maximum Gasteiger partial charge on any atom is 0.103 e. The van der Waals surface area contributed by atoms with Gasteiger partial charge in [0.05, 0.1) is 12.7 Å². The molecule has 2 unspecified atom stereocenters. The molecule has 2 atom stereocenters. The van der Waals surface area contributed by atoms with E-state index in [1.165, 1.54) is 51.4 Å². The molecule has 0 aliphatic carbocycles. The van der Waals surface area contributed by atoms with Crippen molar-refractivity contribution in [3.05, 3.63) is 97.2 Å². The molecule has 0 fully saturated rings. The minimum Gasteiger partial charge on any atom is -0.394 e. The Bertz CT molecular complexity index is 842. The standard InChI is InChI=1S/C43H72O3/c1-3-5-7-9-11-13-15-17-19-21-23-25-27-29-31-33-35-37-39-43(42(45)41-44)46-40-38-36-34-32-30-28-26-24-22-20-18-16-14-12-10-8-6-4-2/h11-14,17-20,23-26,29-32,42-45H,3-10,15-16,21-22,27-28,33-41H2,1-2H3. The molecule has 0 saturated heterocycles. The molecule has 2 N–H and O–H groups in total. The van der Waals surface area contributed by atoms with Crippen LogP contribution in [0.3, 0.4) is 0 Å². The molecule has 0 aliphatic rings. The van der Waals surface area contributed by atoms with Gasteiger partial charge in [-0.25, -0.2) is 0 Å². The third-order valence-electron chi connectivity index (χ3n) is 7.74. The highest BCUT2D eigenvalue weighted by atomic mass is 16.5. The lowest BCUT2D eigenvalue weighted by Gasteiger charge is -2.22. The van der Waals surface area contributed by atoms with E-state index in [0.29, 0.717) is 6.61 Å². The maximum atomic E-state index is 10.2. The summed E-state index contributed by atoms with van der Waals surface area (Å²) in [6.07, 6.45) is 58.2. The van der Waals surface area contributed by atoms with Gasteiger partial charge in [-0.1, -0.05) is 143 Å². The molecule has 0 aromatic heterocycles. The van der Waals surface area contributed by atoms with Gasteiger partial charge in [0.2, 0.25) is 0 Å². The van der Waals surface area contributed by atoms with Crippen molar-refractivity contribution in [2.75, 3.05) is 13.2 Å². The predicted molar refractivity (Wildman–Crippen MR) is 204 cm³/mol. The van der Waals surface area contributed by atoms with E-state index in [4.69, 9.17) is 4.74 Å². The summed E-state index contributed by atoms with van der Waals surface area (Å²) in [7, 11) is 0. The Morgan fingerprint density at radius 3 is 1.11 bits per heavy atom. The first-order chi connectivity index (χ1) is 22.8. The van der Waals surface area contributed by atoms with E-state index in [2.05, 4.69) is 111 Å². The summed E-state index contributed by atoms with van der Waals surface area (Å²) in [4.78, 5) is 0. The van der Waals surface area contributed by atoms with Crippen LogP contribution in [0, 0.1) is 0 Å². The number of aliphatic hydroxyl groups is 2. The molecular formula is C43H72O3. The molecule has 0 amide bonds.